The van der Waals surface area contributed by atoms with Gasteiger partial charge in [-0.2, -0.15) is 0 Å². The minimum atomic E-state index is -0.711. The number of aliphatic hydroxyl groups is 1. The third kappa shape index (κ3) is 7.07. The maximum atomic E-state index is 12.9. The minimum absolute atomic E-state index is 0.163. The summed E-state index contributed by atoms with van der Waals surface area (Å²) in [5, 5.41) is 17.2. The summed E-state index contributed by atoms with van der Waals surface area (Å²) in [5.74, 6) is 0.339. The number of hydrogen-bond acceptors (Lipinski definition) is 5. The zero-order chi connectivity index (χ0) is 24.8. The van der Waals surface area contributed by atoms with Crippen LogP contribution in [0.3, 0.4) is 0 Å². The third-order valence-corrected chi connectivity index (χ3v) is 7.92. The monoisotopic (exact) mass is 500 g/mol. The molecule has 1 heterocycles. The fourth-order valence-electron chi connectivity index (χ4n) is 5.24. The van der Waals surface area contributed by atoms with Gasteiger partial charge in [-0.15, -0.1) is 0 Å². The Morgan fingerprint density at radius 3 is 2.63 bits per heavy atom. The molecule has 1 aliphatic heterocycles. The average Bonchev–Trinajstić information content (AvgIpc) is 3.25. The van der Waals surface area contributed by atoms with E-state index in [-0.39, 0.29) is 17.5 Å². The van der Waals surface area contributed by atoms with Crippen molar-refractivity contribution in [3.8, 4) is 0 Å². The molecule has 0 aromatic heterocycles. The van der Waals surface area contributed by atoms with Crippen molar-refractivity contribution in [1.82, 2.24) is 10.6 Å². The highest BCUT2D eigenvalue weighted by Gasteiger charge is 2.35. The molecule has 1 unspecified atom stereocenters. The first-order chi connectivity index (χ1) is 16.8. The van der Waals surface area contributed by atoms with Gasteiger partial charge in [0.15, 0.2) is 0 Å². The molecule has 2 atom stereocenters. The Kier molecular flexibility index (Phi) is 8.50. The SMILES string of the molecule is NC(C(=O)NCc1ccc(Cl)cc1)=C1CCC(CCC[C@H]2CCC(=O)N2)CC1=NCC1(O)CCC1. The van der Waals surface area contributed by atoms with E-state index in [2.05, 4.69) is 10.6 Å². The molecule has 0 radical (unpaired) electrons. The minimum Gasteiger partial charge on any atom is -0.394 e. The van der Waals surface area contributed by atoms with Crippen molar-refractivity contribution >= 4 is 29.1 Å². The number of nitrogens with zero attached hydrogens (tertiary/aromatic N) is 1. The van der Waals surface area contributed by atoms with Gasteiger partial charge in [0.25, 0.3) is 5.91 Å². The smallest absolute Gasteiger partial charge is 0.267 e. The Balaban J connectivity index is 1.38. The summed E-state index contributed by atoms with van der Waals surface area (Å²) in [4.78, 5) is 29.1. The maximum Gasteiger partial charge on any atom is 0.267 e. The van der Waals surface area contributed by atoms with Crippen molar-refractivity contribution in [2.75, 3.05) is 6.54 Å². The quantitative estimate of drug-likeness (QED) is 0.386. The maximum absolute atomic E-state index is 12.9. The lowest BCUT2D eigenvalue weighted by atomic mass is 9.79. The predicted molar refractivity (Wildman–Crippen MR) is 138 cm³/mol. The second-order valence-corrected chi connectivity index (χ2v) is 10.8. The van der Waals surface area contributed by atoms with Gasteiger partial charge in [-0.1, -0.05) is 30.2 Å². The first-order valence-electron chi connectivity index (χ1n) is 12.9. The topological polar surface area (TPSA) is 117 Å². The number of benzene rings is 1. The van der Waals surface area contributed by atoms with E-state index in [4.69, 9.17) is 22.3 Å². The molecule has 1 aromatic rings. The highest BCUT2D eigenvalue weighted by molar-refractivity contribution is 6.30. The van der Waals surface area contributed by atoms with Gasteiger partial charge in [0.1, 0.15) is 5.70 Å². The van der Waals surface area contributed by atoms with Gasteiger partial charge in [-0.25, -0.2) is 0 Å². The molecule has 1 saturated heterocycles. The van der Waals surface area contributed by atoms with Crippen LogP contribution in [0.2, 0.25) is 5.02 Å². The molecule has 5 N–H and O–H groups in total. The number of carbonyl (C=O) groups is 2. The zero-order valence-corrected chi connectivity index (χ0v) is 21.1. The average molecular weight is 501 g/mol. The molecule has 2 amide bonds. The molecule has 0 spiro atoms. The summed E-state index contributed by atoms with van der Waals surface area (Å²) in [6.45, 7) is 0.739. The fraction of sp³-hybridized carbons (Fsp3) is 0.593. The van der Waals surface area contributed by atoms with Crippen molar-refractivity contribution in [2.45, 2.75) is 88.8 Å². The van der Waals surface area contributed by atoms with E-state index in [1.54, 1.807) is 12.1 Å². The van der Waals surface area contributed by atoms with Crippen LogP contribution in [0.15, 0.2) is 40.5 Å². The van der Waals surface area contributed by atoms with Crippen LogP contribution in [-0.2, 0) is 16.1 Å². The molecular weight excluding hydrogens is 464 g/mol. The number of nitrogens with one attached hydrogen (secondary N) is 2. The third-order valence-electron chi connectivity index (χ3n) is 7.67. The molecule has 3 fully saturated rings. The molecule has 3 aliphatic rings. The van der Waals surface area contributed by atoms with Crippen LogP contribution in [0.1, 0.15) is 76.2 Å². The van der Waals surface area contributed by atoms with Crippen molar-refractivity contribution in [3.63, 3.8) is 0 Å². The Hall–Kier alpha value is -2.38. The van der Waals surface area contributed by atoms with Gasteiger partial charge in [0, 0.05) is 35.3 Å². The van der Waals surface area contributed by atoms with Gasteiger partial charge in [-0.05, 0) is 81.4 Å². The van der Waals surface area contributed by atoms with Crippen LogP contribution in [-0.4, -0.2) is 40.8 Å². The normalized spacial score (nSPS) is 26.2. The lowest BCUT2D eigenvalue weighted by Crippen LogP contribution is -2.40. The van der Waals surface area contributed by atoms with Gasteiger partial charge in [0.05, 0.1) is 12.1 Å². The van der Waals surface area contributed by atoms with E-state index in [1.807, 2.05) is 12.1 Å². The molecule has 35 heavy (non-hydrogen) atoms. The molecule has 2 saturated carbocycles. The van der Waals surface area contributed by atoms with Crippen molar-refractivity contribution in [3.05, 3.63) is 46.1 Å². The van der Waals surface area contributed by atoms with Gasteiger partial charge in [0.2, 0.25) is 5.91 Å². The number of carbonyl (C=O) groups excluding carboxylic acids is 2. The van der Waals surface area contributed by atoms with Crippen LogP contribution < -0.4 is 16.4 Å². The van der Waals surface area contributed by atoms with Crippen LogP contribution in [0.5, 0.6) is 0 Å². The van der Waals surface area contributed by atoms with Crippen LogP contribution in [0.25, 0.3) is 0 Å². The van der Waals surface area contributed by atoms with E-state index in [0.29, 0.717) is 42.9 Å². The number of nitrogens with two attached hydrogens (primary N) is 1. The zero-order valence-electron chi connectivity index (χ0n) is 20.3. The second-order valence-electron chi connectivity index (χ2n) is 10.4. The van der Waals surface area contributed by atoms with Crippen LogP contribution in [0.4, 0.5) is 0 Å². The highest BCUT2D eigenvalue weighted by Crippen LogP contribution is 2.35. The predicted octanol–water partition coefficient (Wildman–Crippen LogP) is 3.77. The van der Waals surface area contributed by atoms with Crippen molar-refractivity contribution < 1.29 is 14.7 Å². The molecule has 7 nitrogen and oxygen atoms in total. The number of halogens is 1. The van der Waals surface area contributed by atoms with E-state index in [0.717, 1.165) is 74.6 Å². The standard InChI is InChI=1S/C27H37ClN4O3/c28-20-8-5-19(6-9-20)16-30-26(34)25(29)22-11-7-18(3-1-4-21-10-12-24(33)32-21)15-23(22)31-17-27(35)13-2-14-27/h5-6,8-9,18,21,35H,1-4,7,10-17,29H2,(H,30,34)(H,32,33)/t18?,21-/m0/s1. The van der Waals surface area contributed by atoms with Crippen LogP contribution >= 0.6 is 11.6 Å². The summed E-state index contributed by atoms with van der Waals surface area (Å²) < 4.78 is 0. The number of hydrogen-bond donors (Lipinski definition) is 4. The number of aliphatic imine (C=N–C) groups is 1. The second kappa shape index (κ2) is 11.6. The van der Waals surface area contributed by atoms with E-state index in [1.165, 1.54) is 0 Å². The number of allylic oxidation sites excluding steroid dienone is 1. The van der Waals surface area contributed by atoms with Gasteiger partial charge < -0.3 is 21.5 Å². The highest BCUT2D eigenvalue weighted by atomic mass is 35.5. The first kappa shape index (κ1) is 25.7. The summed E-state index contributed by atoms with van der Waals surface area (Å²) in [6, 6.07) is 7.65. The molecule has 1 aromatic carbocycles. The number of rotatable bonds is 9. The fourth-order valence-corrected chi connectivity index (χ4v) is 5.36. The summed E-state index contributed by atoms with van der Waals surface area (Å²) >= 11 is 5.94. The Morgan fingerprint density at radius 2 is 1.97 bits per heavy atom. The molecule has 4 rings (SSSR count). The molecule has 8 heteroatoms. The van der Waals surface area contributed by atoms with Gasteiger partial charge >= 0.3 is 0 Å². The van der Waals surface area contributed by atoms with E-state index in [9.17, 15) is 14.7 Å². The molecule has 190 valence electrons. The van der Waals surface area contributed by atoms with Crippen molar-refractivity contribution in [2.24, 2.45) is 16.6 Å². The Morgan fingerprint density at radius 1 is 1.20 bits per heavy atom. The Labute approximate surface area is 212 Å². The summed E-state index contributed by atoms with van der Waals surface area (Å²) in [7, 11) is 0. The molecule has 0 bridgehead atoms. The summed E-state index contributed by atoms with van der Waals surface area (Å²) in [6.07, 6.45) is 9.72. The van der Waals surface area contributed by atoms with Gasteiger partial charge in [-0.3, -0.25) is 14.6 Å². The van der Waals surface area contributed by atoms with E-state index >= 15 is 0 Å². The molecular formula is C27H37ClN4O3. The molecule has 2 aliphatic carbocycles. The lowest BCUT2D eigenvalue weighted by molar-refractivity contribution is -0.119. The van der Waals surface area contributed by atoms with Crippen molar-refractivity contribution in [1.29, 1.82) is 0 Å². The first-order valence-corrected chi connectivity index (χ1v) is 13.3. The number of amides is 2. The lowest BCUT2D eigenvalue weighted by Gasteiger charge is -2.36. The van der Waals surface area contributed by atoms with E-state index < -0.39 is 5.60 Å². The largest absolute Gasteiger partial charge is 0.394 e. The summed E-state index contributed by atoms with van der Waals surface area (Å²) in [5.41, 5.74) is 8.52. The Bertz CT molecular complexity index is 985. The van der Waals surface area contributed by atoms with Crippen LogP contribution in [0, 0.1) is 5.92 Å².